The van der Waals surface area contributed by atoms with Gasteiger partial charge in [-0.05, 0) is 31.7 Å². The molecule has 2 heterocycles. The van der Waals surface area contributed by atoms with Crippen LogP contribution in [0, 0.1) is 5.92 Å². The number of nitrogens with zero attached hydrogens (tertiary/aromatic N) is 1. The van der Waals surface area contributed by atoms with Gasteiger partial charge in [-0.2, -0.15) is 0 Å². The lowest BCUT2D eigenvalue weighted by Crippen LogP contribution is -2.37. The highest BCUT2D eigenvalue weighted by Gasteiger charge is 2.17. The van der Waals surface area contributed by atoms with Gasteiger partial charge >= 0.3 is 0 Å². The number of hydrogen-bond donors (Lipinski definition) is 1. The van der Waals surface area contributed by atoms with E-state index in [9.17, 15) is 0 Å². The molecule has 0 radical (unpaired) electrons. The lowest BCUT2D eigenvalue weighted by Gasteiger charge is -2.27. The molecule has 2 atom stereocenters. The maximum atomic E-state index is 4.31. The standard InChI is InChI=1S/C11H18N2S/c1-9-4-5-12-10(8-9)2-3-11-13-6-7-14-11/h6-7,9-10,12H,2-5,8H2,1H3. The SMILES string of the molecule is CC1CCNC(CCc2nccs2)C1. The number of nitrogens with one attached hydrogen (secondary N) is 1. The Labute approximate surface area is 89.8 Å². The second-order valence-electron chi connectivity index (χ2n) is 4.25. The Kier molecular flexibility index (Phi) is 3.54. The second kappa shape index (κ2) is 4.89. The second-order valence-corrected chi connectivity index (χ2v) is 5.22. The molecule has 0 bridgehead atoms. The summed E-state index contributed by atoms with van der Waals surface area (Å²) in [6.45, 7) is 3.56. The Balaban J connectivity index is 1.75. The van der Waals surface area contributed by atoms with Crippen molar-refractivity contribution in [2.45, 2.75) is 38.6 Å². The Bertz CT molecular complexity index is 258. The summed E-state index contributed by atoms with van der Waals surface area (Å²) in [4.78, 5) is 4.31. The summed E-state index contributed by atoms with van der Waals surface area (Å²) in [6, 6.07) is 0.725. The number of rotatable bonds is 3. The predicted octanol–water partition coefficient (Wildman–Crippen LogP) is 2.46. The molecule has 1 saturated heterocycles. The molecule has 1 N–H and O–H groups in total. The summed E-state index contributed by atoms with van der Waals surface area (Å²) >= 11 is 1.77. The highest BCUT2D eigenvalue weighted by Crippen LogP contribution is 2.19. The van der Waals surface area contributed by atoms with Gasteiger partial charge < -0.3 is 5.32 Å². The largest absolute Gasteiger partial charge is 0.314 e. The van der Waals surface area contributed by atoms with E-state index >= 15 is 0 Å². The molecular weight excluding hydrogens is 192 g/mol. The third-order valence-corrected chi connectivity index (χ3v) is 3.79. The van der Waals surface area contributed by atoms with Crippen LogP contribution in [0.3, 0.4) is 0 Å². The number of hydrogen-bond acceptors (Lipinski definition) is 3. The summed E-state index contributed by atoms with van der Waals surface area (Å²) in [5, 5.41) is 6.93. The highest BCUT2D eigenvalue weighted by atomic mass is 32.1. The fraction of sp³-hybridized carbons (Fsp3) is 0.727. The van der Waals surface area contributed by atoms with Crippen LogP contribution in [-0.2, 0) is 6.42 Å². The Hall–Kier alpha value is -0.410. The zero-order valence-corrected chi connectivity index (χ0v) is 9.52. The Morgan fingerprint density at radius 2 is 2.57 bits per heavy atom. The molecule has 3 heteroatoms. The van der Waals surface area contributed by atoms with Crippen molar-refractivity contribution in [3.05, 3.63) is 16.6 Å². The zero-order valence-electron chi connectivity index (χ0n) is 8.70. The van der Waals surface area contributed by atoms with Crippen molar-refractivity contribution >= 4 is 11.3 Å². The van der Waals surface area contributed by atoms with Crippen molar-refractivity contribution < 1.29 is 0 Å². The molecule has 1 fully saturated rings. The van der Waals surface area contributed by atoms with Crippen molar-refractivity contribution in [1.82, 2.24) is 10.3 Å². The van der Waals surface area contributed by atoms with Crippen molar-refractivity contribution in [1.29, 1.82) is 0 Å². The van der Waals surface area contributed by atoms with E-state index in [1.54, 1.807) is 11.3 Å². The summed E-state index contributed by atoms with van der Waals surface area (Å²) in [5.74, 6) is 0.901. The maximum Gasteiger partial charge on any atom is 0.0925 e. The lowest BCUT2D eigenvalue weighted by molar-refractivity contribution is 0.308. The number of aryl methyl sites for hydroxylation is 1. The van der Waals surface area contributed by atoms with E-state index < -0.39 is 0 Å². The van der Waals surface area contributed by atoms with Gasteiger partial charge in [0.25, 0.3) is 0 Å². The van der Waals surface area contributed by atoms with E-state index in [-0.39, 0.29) is 0 Å². The van der Waals surface area contributed by atoms with Crippen LogP contribution in [0.2, 0.25) is 0 Å². The minimum atomic E-state index is 0.725. The fourth-order valence-corrected chi connectivity index (χ4v) is 2.75. The molecule has 2 nitrogen and oxygen atoms in total. The minimum Gasteiger partial charge on any atom is -0.314 e. The van der Waals surface area contributed by atoms with Gasteiger partial charge in [0, 0.05) is 24.0 Å². The first-order valence-electron chi connectivity index (χ1n) is 5.46. The van der Waals surface area contributed by atoms with E-state index in [2.05, 4.69) is 22.6 Å². The zero-order chi connectivity index (χ0) is 9.80. The van der Waals surface area contributed by atoms with Crippen LogP contribution >= 0.6 is 11.3 Å². The lowest BCUT2D eigenvalue weighted by atomic mass is 9.92. The molecule has 0 saturated carbocycles. The van der Waals surface area contributed by atoms with Crippen LogP contribution in [0.4, 0.5) is 0 Å². The first-order valence-corrected chi connectivity index (χ1v) is 6.34. The molecule has 1 aliphatic heterocycles. The third kappa shape index (κ3) is 2.79. The molecule has 0 aromatic carbocycles. The van der Waals surface area contributed by atoms with Gasteiger partial charge in [-0.3, -0.25) is 0 Å². The molecule has 2 unspecified atom stereocenters. The molecule has 1 aromatic rings. The van der Waals surface area contributed by atoms with Gasteiger partial charge in [-0.1, -0.05) is 6.92 Å². The van der Waals surface area contributed by atoms with Crippen LogP contribution in [-0.4, -0.2) is 17.6 Å². The average molecular weight is 210 g/mol. The summed E-state index contributed by atoms with van der Waals surface area (Å²) in [7, 11) is 0. The van der Waals surface area contributed by atoms with Crippen molar-refractivity contribution in [3.63, 3.8) is 0 Å². The van der Waals surface area contributed by atoms with E-state index in [0.29, 0.717) is 0 Å². The predicted molar refractivity (Wildman–Crippen MR) is 60.6 cm³/mol. The average Bonchev–Trinajstić information content (AvgIpc) is 2.67. The van der Waals surface area contributed by atoms with E-state index in [1.165, 1.54) is 30.8 Å². The number of thiazole rings is 1. The van der Waals surface area contributed by atoms with Crippen LogP contribution < -0.4 is 5.32 Å². The van der Waals surface area contributed by atoms with Gasteiger partial charge in [0.15, 0.2) is 0 Å². The van der Waals surface area contributed by atoms with Crippen molar-refractivity contribution in [3.8, 4) is 0 Å². The Morgan fingerprint density at radius 1 is 1.64 bits per heavy atom. The normalized spacial score (nSPS) is 27.8. The van der Waals surface area contributed by atoms with Crippen LogP contribution in [0.15, 0.2) is 11.6 Å². The number of aromatic nitrogens is 1. The molecule has 0 spiro atoms. The van der Waals surface area contributed by atoms with Gasteiger partial charge in [0.05, 0.1) is 5.01 Å². The third-order valence-electron chi connectivity index (χ3n) is 2.95. The molecule has 1 aromatic heterocycles. The molecular formula is C11H18N2S. The molecule has 14 heavy (non-hydrogen) atoms. The smallest absolute Gasteiger partial charge is 0.0925 e. The minimum absolute atomic E-state index is 0.725. The fourth-order valence-electron chi connectivity index (χ4n) is 2.11. The first kappa shape index (κ1) is 10.1. The topological polar surface area (TPSA) is 24.9 Å². The van der Waals surface area contributed by atoms with Crippen molar-refractivity contribution in [2.24, 2.45) is 5.92 Å². The highest BCUT2D eigenvalue weighted by molar-refractivity contribution is 7.09. The summed E-state index contributed by atoms with van der Waals surface area (Å²) in [5.41, 5.74) is 0. The van der Waals surface area contributed by atoms with Gasteiger partial charge in [0.1, 0.15) is 0 Å². The molecule has 2 rings (SSSR count). The monoisotopic (exact) mass is 210 g/mol. The molecule has 0 amide bonds. The van der Waals surface area contributed by atoms with E-state index in [4.69, 9.17) is 0 Å². The van der Waals surface area contributed by atoms with Gasteiger partial charge in [-0.25, -0.2) is 4.98 Å². The summed E-state index contributed by atoms with van der Waals surface area (Å²) < 4.78 is 0. The van der Waals surface area contributed by atoms with Crippen LogP contribution in [0.5, 0.6) is 0 Å². The van der Waals surface area contributed by atoms with Crippen LogP contribution in [0.1, 0.15) is 31.2 Å². The van der Waals surface area contributed by atoms with Crippen molar-refractivity contribution in [2.75, 3.05) is 6.54 Å². The summed E-state index contributed by atoms with van der Waals surface area (Å²) in [6.07, 6.45) is 6.97. The van der Waals surface area contributed by atoms with E-state index in [1.807, 2.05) is 6.20 Å². The number of piperidine rings is 1. The molecule has 1 aliphatic rings. The molecule has 0 aliphatic carbocycles. The first-order chi connectivity index (χ1) is 6.84. The maximum absolute atomic E-state index is 4.31. The van der Waals surface area contributed by atoms with Gasteiger partial charge in [0.2, 0.25) is 0 Å². The van der Waals surface area contributed by atoms with Crippen LogP contribution in [0.25, 0.3) is 0 Å². The Morgan fingerprint density at radius 3 is 3.29 bits per heavy atom. The van der Waals surface area contributed by atoms with E-state index in [0.717, 1.165) is 18.4 Å². The van der Waals surface area contributed by atoms with Gasteiger partial charge in [-0.15, -0.1) is 11.3 Å². The molecule has 78 valence electrons. The quantitative estimate of drug-likeness (QED) is 0.829.